The first-order valence-corrected chi connectivity index (χ1v) is 4.44. The molecular formula is C11H7FO4. The van der Waals surface area contributed by atoms with Gasteiger partial charge in [-0.3, -0.25) is 0 Å². The van der Waals surface area contributed by atoms with Crippen LogP contribution in [0.5, 0.6) is 0 Å². The molecule has 1 aromatic heterocycles. The summed E-state index contributed by atoms with van der Waals surface area (Å²) in [5.74, 6) is -1.72. The maximum atomic E-state index is 13.4. The van der Waals surface area contributed by atoms with Gasteiger partial charge in [0.1, 0.15) is 5.82 Å². The first-order chi connectivity index (χ1) is 7.63. The number of rotatable bonds is 1. The molecule has 0 aliphatic heterocycles. The second kappa shape index (κ2) is 3.77. The molecule has 0 aliphatic carbocycles. The first kappa shape index (κ1) is 10.4. The van der Waals surface area contributed by atoms with Crippen LogP contribution in [0.4, 0.5) is 4.39 Å². The molecule has 5 heteroatoms. The summed E-state index contributed by atoms with van der Waals surface area (Å²) in [5.41, 5.74) is -0.766. The van der Waals surface area contributed by atoms with E-state index in [1.165, 1.54) is 18.2 Å². The van der Waals surface area contributed by atoms with Crippen LogP contribution in [-0.2, 0) is 4.74 Å². The Bertz CT molecular complexity index is 615. The van der Waals surface area contributed by atoms with Crippen molar-refractivity contribution in [1.82, 2.24) is 0 Å². The summed E-state index contributed by atoms with van der Waals surface area (Å²) in [7, 11) is 1.15. The van der Waals surface area contributed by atoms with Crippen molar-refractivity contribution in [2.75, 3.05) is 7.11 Å². The van der Waals surface area contributed by atoms with Crippen LogP contribution in [0.1, 0.15) is 10.6 Å². The molecule has 0 spiro atoms. The number of fused-ring (bicyclic) bond motifs is 1. The van der Waals surface area contributed by atoms with Crippen molar-refractivity contribution >= 4 is 16.7 Å². The van der Waals surface area contributed by atoms with Gasteiger partial charge in [-0.1, -0.05) is 6.07 Å². The highest BCUT2D eigenvalue weighted by Gasteiger charge is 2.13. The lowest BCUT2D eigenvalue weighted by Gasteiger charge is -2.00. The minimum Gasteiger partial charge on any atom is -0.463 e. The Hall–Kier alpha value is -2.17. The predicted octanol–water partition coefficient (Wildman–Crippen LogP) is 1.72. The maximum Gasteiger partial charge on any atom is 0.374 e. The third-order valence-corrected chi connectivity index (χ3v) is 2.14. The van der Waals surface area contributed by atoms with Gasteiger partial charge < -0.3 is 9.15 Å². The molecule has 16 heavy (non-hydrogen) atoms. The number of carbonyl (C=O) groups excluding carboxylic acids is 1. The second-order valence-corrected chi connectivity index (χ2v) is 3.09. The molecule has 0 atom stereocenters. The van der Waals surface area contributed by atoms with Gasteiger partial charge in [-0.2, -0.15) is 0 Å². The fourth-order valence-electron chi connectivity index (χ4n) is 1.38. The molecule has 2 aromatic rings. The van der Waals surface area contributed by atoms with Gasteiger partial charge in [-0.05, 0) is 18.2 Å². The molecular weight excluding hydrogens is 215 g/mol. The molecule has 1 heterocycles. The average Bonchev–Trinajstić information content (AvgIpc) is 2.29. The maximum absolute atomic E-state index is 13.4. The van der Waals surface area contributed by atoms with Crippen molar-refractivity contribution in [2.45, 2.75) is 0 Å². The number of esters is 1. The van der Waals surface area contributed by atoms with Gasteiger partial charge in [0.25, 0.3) is 0 Å². The smallest absolute Gasteiger partial charge is 0.374 e. The lowest BCUT2D eigenvalue weighted by atomic mass is 10.1. The standard InChI is InChI=1S/C11H7FO4/c1-15-11(14)9-5-7-6(10(13)16-9)3-2-4-8(7)12/h2-5H,1H3. The van der Waals surface area contributed by atoms with Crippen LogP contribution >= 0.6 is 0 Å². The van der Waals surface area contributed by atoms with Crippen molar-refractivity contribution in [3.8, 4) is 0 Å². The molecule has 0 amide bonds. The molecule has 82 valence electrons. The summed E-state index contributed by atoms with van der Waals surface area (Å²) in [6.45, 7) is 0. The van der Waals surface area contributed by atoms with Gasteiger partial charge in [0.15, 0.2) is 0 Å². The van der Waals surface area contributed by atoms with Crippen LogP contribution in [-0.4, -0.2) is 13.1 Å². The van der Waals surface area contributed by atoms with E-state index in [-0.39, 0.29) is 16.5 Å². The van der Waals surface area contributed by atoms with Crippen molar-refractivity contribution < 1.29 is 18.3 Å². The topological polar surface area (TPSA) is 56.5 Å². The molecule has 0 radical (unpaired) electrons. The zero-order valence-electron chi connectivity index (χ0n) is 8.32. The second-order valence-electron chi connectivity index (χ2n) is 3.09. The molecule has 0 saturated carbocycles. The van der Waals surface area contributed by atoms with Crippen LogP contribution in [0.2, 0.25) is 0 Å². The van der Waals surface area contributed by atoms with E-state index in [2.05, 4.69) is 4.74 Å². The van der Waals surface area contributed by atoms with Gasteiger partial charge in [-0.15, -0.1) is 0 Å². The molecule has 4 nitrogen and oxygen atoms in total. The third kappa shape index (κ3) is 1.56. The van der Waals surface area contributed by atoms with E-state index in [0.29, 0.717) is 0 Å². The number of carbonyl (C=O) groups is 1. The van der Waals surface area contributed by atoms with E-state index in [1.807, 2.05) is 0 Å². The normalized spacial score (nSPS) is 10.4. The fourth-order valence-corrected chi connectivity index (χ4v) is 1.38. The van der Waals surface area contributed by atoms with Crippen LogP contribution in [0, 0.1) is 5.82 Å². The Morgan fingerprint density at radius 3 is 2.81 bits per heavy atom. The predicted molar refractivity (Wildman–Crippen MR) is 53.8 cm³/mol. The third-order valence-electron chi connectivity index (χ3n) is 2.14. The highest BCUT2D eigenvalue weighted by atomic mass is 19.1. The minimum atomic E-state index is -0.817. The summed E-state index contributed by atoms with van der Waals surface area (Å²) in [5, 5.41) is 0.131. The van der Waals surface area contributed by atoms with Gasteiger partial charge in [0.05, 0.1) is 12.5 Å². The van der Waals surface area contributed by atoms with Crippen molar-refractivity contribution in [3.05, 3.63) is 46.3 Å². The van der Waals surface area contributed by atoms with Crippen LogP contribution in [0.3, 0.4) is 0 Å². The van der Waals surface area contributed by atoms with Gasteiger partial charge >= 0.3 is 11.6 Å². The zero-order valence-corrected chi connectivity index (χ0v) is 8.32. The summed E-state index contributed by atoms with van der Waals surface area (Å²) >= 11 is 0. The van der Waals surface area contributed by atoms with Crippen LogP contribution in [0.25, 0.3) is 10.8 Å². The molecule has 0 N–H and O–H groups in total. The highest BCUT2D eigenvalue weighted by Crippen LogP contribution is 2.16. The SMILES string of the molecule is COC(=O)c1cc2c(F)cccc2c(=O)o1. The average molecular weight is 222 g/mol. The van der Waals surface area contributed by atoms with Crippen LogP contribution < -0.4 is 5.63 Å². The monoisotopic (exact) mass is 222 g/mol. The van der Waals surface area contributed by atoms with E-state index in [9.17, 15) is 14.0 Å². The Kier molecular flexibility index (Phi) is 2.44. The molecule has 0 fully saturated rings. The first-order valence-electron chi connectivity index (χ1n) is 4.44. The van der Waals surface area contributed by atoms with Gasteiger partial charge in [0, 0.05) is 5.39 Å². The van der Waals surface area contributed by atoms with Crippen LogP contribution in [0.15, 0.2) is 33.5 Å². The summed E-state index contributed by atoms with van der Waals surface area (Å²) in [4.78, 5) is 22.6. The van der Waals surface area contributed by atoms with Crippen molar-refractivity contribution in [1.29, 1.82) is 0 Å². The van der Waals surface area contributed by atoms with Gasteiger partial charge in [0.2, 0.25) is 5.76 Å². The number of halogens is 1. The number of hydrogen-bond acceptors (Lipinski definition) is 4. The highest BCUT2D eigenvalue weighted by molar-refractivity contribution is 5.91. The number of benzene rings is 1. The number of ether oxygens (including phenoxy) is 1. The number of hydrogen-bond donors (Lipinski definition) is 0. The van der Waals surface area contributed by atoms with E-state index >= 15 is 0 Å². The van der Waals surface area contributed by atoms with E-state index in [4.69, 9.17) is 4.42 Å². The summed E-state index contributed by atoms with van der Waals surface area (Å²) < 4.78 is 22.5. The Morgan fingerprint density at radius 2 is 2.12 bits per heavy atom. The Labute approximate surface area is 89.2 Å². The largest absolute Gasteiger partial charge is 0.463 e. The lowest BCUT2D eigenvalue weighted by molar-refractivity contribution is 0.0560. The molecule has 2 rings (SSSR count). The van der Waals surface area contributed by atoms with E-state index in [0.717, 1.165) is 13.2 Å². The zero-order chi connectivity index (χ0) is 11.7. The number of methoxy groups -OCH3 is 1. The Balaban J connectivity index is 2.80. The molecule has 1 aromatic carbocycles. The quantitative estimate of drug-likeness (QED) is 0.689. The Morgan fingerprint density at radius 1 is 1.38 bits per heavy atom. The molecule has 0 bridgehead atoms. The fraction of sp³-hybridized carbons (Fsp3) is 0.0909. The van der Waals surface area contributed by atoms with Gasteiger partial charge in [-0.25, -0.2) is 14.0 Å². The van der Waals surface area contributed by atoms with Crippen molar-refractivity contribution in [2.24, 2.45) is 0 Å². The minimum absolute atomic E-state index is 0.0409. The summed E-state index contributed by atoms with van der Waals surface area (Å²) in [6.07, 6.45) is 0. The molecule has 0 aliphatic rings. The molecule has 0 saturated heterocycles. The lowest BCUT2D eigenvalue weighted by Crippen LogP contribution is -2.08. The van der Waals surface area contributed by atoms with E-state index in [1.54, 1.807) is 0 Å². The summed E-state index contributed by atoms with van der Waals surface area (Å²) in [6, 6.07) is 5.17. The van der Waals surface area contributed by atoms with Crippen molar-refractivity contribution in [3.63, 3.8) is 0 Å². The van der Waals surface area contributed by atoms with E-state index < -0.39 is 17.4 Å². The molecule has 0 unspecified atom stereocenters.